The van der Waals surface area contributed by atoms with Gasteiger partial charge in [0.1, 0.15) is 5.82 Å². The first kappa shape index (κ1) is 21.0. The first-order valence-electron chi connectivity index (χ1n) is 10.5. The second-order valence-electron chi connectivity index (χ2n) is 7.74. The Hall–Kier alpha value is -3.21. The number of nitrogens with zero attached hydrogens (tertiary/aromatic N) is 2. The van der Waals surface area contributed by atoms with Crippen LogP contribution in [0.1, 0.15) is 36.5 Å². The summed E-state index contributed by atoms with van der Waals surface area (Å²) in [5, 5.41) is 1.29. The highest BCUT2D eigenvalue weighted by Crippen LogP contribution is 2.27. The predicted octanol–water partition coefficient (Wildman–Crippen LogP) is 6.84. The van der Waals surface area contributed by atoms with E-state index in [9.17, 15) is 8.78 Å². The number of rotatable bonds is 7. The molecule has 0 N–H and O–H groups in total. The van der Waals surface area contributed by atoms with Crippen molar-refractivity contribution in [1.82, 2.24) is 9.97 Å². The largest absolute Gasteiger partial charge is 0.236 e. The Morgan fingerprint density at radius 2 is 1.55 bits per heavy atom. The van der Waals surface area contributed by atoms with E-state index in [-0.39, 0.29) is 5.82 Å². The molecule has 0 aliphatic rings. The summed E-state index contributed by atoms with van der Waals surface area (Å²) in [5.74, 6) is -1.44. The molecule has 0 aliphatic carbocycles. The zero-order valence-electron chi connectivity index (χ0n) is 17.3. The number of fused-ring (bicyclic) bond motifs is 1. The van der Waals surface area contributed by atoms with Gasteiger partial charge >= 0.3 is 0 Å². The van der Waals surface area contributed by atoms with Gasteiger partial charge in [0.05, 0.1) is 0 Å². The van der Waals surface area contributed by atoms with E-state index in [1.54, 1.807) is 12.1 Å². The van der Waals surface area contributed by atoms with E-state index in [1.165, 1.54) is 6.07 Å². The fourth-order valence-corrected chi connectivity index (χ4v) is 3.66. The van der Waals surface area contributed by atoms with Gasteiger partial charge < -0.3 is 0 Å². The summed E-state index contributed by atoms with van der Waals surface area (Å²) in [6, 6.07) is 12.9. The van der Waals surface area contributed by atoms with Gasteiger partial charge in [-0.3, -0.25) is 0 Å². The average molecular weight is 420 g/mol. The molecule has 0 bridgehead atoms. The second kappa shape index (κ2) is 9.29. The van der Waals surface area contributed by atoms with Crippen molar-refractivity contribution in [2.24, 2.45) is 0 Å². The molecule has 0 unspecified atom stereocenters. The molecule has 158 valence electrons. The second-order valence-corrected chi connectivity index (χ2v) is 7.74. The third-order valence-corrected chi connectivity index (χ3v) is 5.48. The Morgan fingerprint density at radius 1 is 0.742 bits per heavy atom. The van der Waals surface area contributed by atoms with Crippen molar-refractivity contribution in [2.75, 3.05) is 0 Å². The summed E-state index contributed by atoms with van der Waals surface area (Å²) in [4.78, 5) is 8.93. The first-order chi connectivity index (χ1) is 15.0. The molecule has 0 saturated carbocycles. The lowest BCUT2D eigenvalue weighted by Crippen LogP contribution is -1.98. The van der Waals surface area contributed by atoms with Gasteiger partial charge in [-0.2, -0.15) is 0 Å². The van der Waals surface area contributed by atoms with Crippen LogP contribution in [0.15, 0.2) is 60.9 Å². The molecule has 4 rings (SSSR count). The number of halogens is 3. The highest BCUT2D eigenvalue weighted by Gasteiger charge is 2.11. The first-order valence-corrected chi connectivity index (χ1v) is 10.5. The Balaban J connectivity index is 1.54. The monoisotopic (exact) mass is 420 g/mol. The Labute approximate surface area is 179 Å². The van der Waals surface area contributed by atoms with Crippen molar-refractivity contribution in [1.29, 1.82) is 0 Å². The van der Waals surface area contributed by atoms with Crippen LogP contribution in [0.3, 0.4) is 0 Å². The van der Waals surface area contributed by atoms with E-state index < -0.39 is 11.6 Å². The molecular formula is C26H23F3N2. The molecule has 0 fully saturated rings. The molecule has 31 heavy (non-hydrogen) atoms. The molecule has 0 spiro atoms. The zero-order valence-corrected chi connectivity index (χ0v) is 17.3. The van der Waals surface area contributed by atoms with Gasteiger partial charge in [-0.15, -0.1) is 0 Å². The van der Waals surface area contributed by atoms with Crippen LogP contribution < -0.4 is 0 Å². The molecule has 1 heterocycles. The summed E-state index contributed by atoms with van der Waals surface area (Å²) in [6.45, 7) is 2.15. The quantitative estimate of drug-likeness (QED) is 0.327. The topological polar surface area (TPSA) is 25.8 Å². The highest BCUT2D eigenvalue weighted by atomic mass is 19.2. The normalized spacial score (nSPS) is 11.2. The lowest BCUT2D eigenvalue weighted by Gasteiger charge is -2.09. The molecular weight excluding hydrogens is 397 g/mol. The van der Waals surface area contributed by atoms with Crippen molar-refractivity contribution in [2.45, 2.75) is 39.0 Å². The maximum Gasteiger partial charge on any atom is 0.159 e. The summed E-state index contributed by atoms with van der Waals surface area (Å²) in [6.07, 6.45) is 7.73. The molecule has 2 nitrogen and oxygen atoms in total. The van der Waals surface area contributed by atoms with E-state index in [2.05, 4.69) is 16.9 Å². The SMILES string of the molecule is CCCCc1cnc(-c2ccc3c(F)c(CCc4ccc(F)c(F)c4)ccc3c2)nc1. The van der Waals surface area contributed by atoms with Gasteiger partial charge in [0.25, 0.3) is 0 Å². The number of aromatic nitrogens is 2. The molecule has 0 amide bonds. The van der Waals surface area contributed by atoms with Crippen molar-refractivity contribution in [3.63, 3.8) is 0 Å². The van der Waals surface area contributed by atoms with E-state index in [0.717, 1.165) is 47.9 Å². The third kappa shape index (κ3) is 4.76. The highest BCUT2D eigenvalue weighted by molar-refractivity contribution is 5.87. The Morgan fingerprint density at radius 3 is 2.29 bits per heavy atom. The fourth-order valence-electron chi connectivity index (χ4n) is 3.66. The molecule has 0 atom stereocenters. The van der Waals surface area contributed by atoms with E-state index in [4.69, 9.17) is 0 Å². The van der Waals surface area contributed by atoms with Gasteiger partial charge in [-0.05, 0) is 66.0 Å². The van der Waals surface area contributed by atoms with Crippen LogP contribution in [0.4, 0.5) is 13.2 Å². The minimum atomic E-state index is -0.885. The van der Waals surface area contributed by atoms with Crippen LogP contribution in [0.2, 0.25) is 0 Å². The van der Waals surface area contributed by atoms with Crippen LogP contribution in [0.5, 0.6) is 0 Å². The van der Waals surface area contributed by atoms with Gasteiger partial charge in [0, 0.05) is 23.3 Å². The van der Waals surface area contributed by atoms with Crippen LogP contribution in [-0.2, 0) is 19.3 Å². The van der Waals surface area contributed by atoms with Crippen LogP contribution in [0.25, 0.3) is 22.2 Å². The number of aryl methyl sites for hydroxylation is 3. The lowest BCUT2D eigenvalue weighted by atomic mass is 9.99. The fraction of sp³-hybridized carbons (Fsp3) is 0.231. The number of hydrogen-bond donors (Lipinski definition) is 0. The summed E-state index contributed by atoms with van der Waals surface area (Å²) in [5.41, 5.74) is 3.13. The minimum absolute atomic E-state index is 0.289. The summed E-state index contributed by atoms with van der Waals surface area (Å²) >= 11 is 0. The van der Waals surface area contributed by atoms with E-state index in [0.29, 0.717) is 35.2 Å². The van der Waals surface area contributed by atoms with Crippen LogP contribution in [-0.4, -0.2) is 9.97 Å². The van der Waals surface area contributed by atoms with Crippen molar-refractivity contribution < 1.29 is 13.2 Å². The van der Waals surface area contributed by atoms with E-state index in [1.807, 2.05) is 30.6 Å². The average Bonchev–Trinajstić information content (AvgIpc) is 2.79. The molecule has 0 aliphatic heterocycles. The molecule has 5 heteroatoms. The maximum atomic E-state index is 15.1. The molecule has 0 saturated heterocycles. The van der Waals surface area contributed by atoms with Gasteiger partial charge in [-0.1, -0.05) is 43.7 Å². The number of unbranched alkanes of at least 4 members (excludes halogenated alkanes) is 1. The minimum Gasteiger partial charge on any atom is -0.236 e. The predicted molar refractivity (Wildman–Crippen MR) is 117 cm³/mol. The van der Waals surface area contributed by atoms with Gasteiger partial charge in [-0.25, -0.2) is 23.1 Å². The number of hydrogen-bond acceptors (Lipinski definition) is 2. The maximum absolute atomic E-state index is 15.1. The standard InChI is InChI=1S/C26H23F3N2/c1-2-3-4-18-15-30-26(31-16-18)21-10-11-22-20(14-21)9-8-19(25(22)29)7-5-17-6-12-23(27)24(28)13-17/h6,8-16H,2-5,7H2,1H3. The smallest absolute Gasteiger partial charge is 0.159 e. The molecule has 4 aromatic rings. The lowest BCUT2D eigenvalue weighted by molar-refractivity contribution is 0.507. The van der Waals surface area contributed by atoms with Crippen LogP contribution >= 0.6 is 0 Å². The summed E-state index contributed by atoms with van der Waals surface area (Å²) in [7, 11) is 0. The Kier molecular flexibility index (Phi) is 6.31. The van der Waals surface area contributed by atoms with Crippen molar-refractivity contribution in [3.05, 3.63) is 95.1 Å². The van der Waals surface area contributed by atoms with Crippen molar-refractivity contribution in [3.8, 4) is 11.4 Å². The molecule has 1 aromatic heterocycles. The third-order valence-electron chi connectivity index (χ3n) is 5.48. The molecule has 0 radical (unpaired) electrons. The van der Waals surface area contributed by atoms with E-state index >= 15 is 4.39 Å². The van der Waals surface area contributed by atoms with Gasteiger partial charge in [0.2, 0.25) is 0 Å². The summed E-state index contributed by atoms with van der Waals surface area (Å²) < 4.78 is 41.5. The van der Waals surface area contributed by atoms with Gasteiger partial charge in [0.15, 0.2) is 17.5 Å². The zero-order chi connectivity index (χ0) is 21.8. The van der Waals surface area contributed by atoms with Crippen molar-refractivity contribution >= 4 is 10.8 Å². The molecule has 3 aromatic carbocycles. The van der Waals surface area contributed by atoms with Crippen LogP contribution in [0, 0.1) is 17.5 Å². The number of benzene rings is 3. The Bertz CT molecular complexity index is 1200.